The lowest BCUT2D eigenvalue weighted by atomic mass is 9.92. The lowest BCUT2D eigenvalue weighted by molar-refractivity contribution is -0.765. The van der Waals surface area contributed by atoms with Gasteiger partial charge in [0.2, 0.25) is 5.27 Å². The molecular weight excluding hydrogens is 426 g/mol. The van der Waals surface area contributed by atoms with Crippen molar-refractivity contribution in [1.29, 1.82) is 0 Å². The molecule has 32 heavy (non-hydrogen) atoms. The van der Waals surface area contributed by atoms with Crippen molar-refractivity contribution in [3.05, 3.63) is 52.2 Å². The van der Waals surface area contributed by atoms with E-state index in [1.165, 1.54) is 6.92 Å². The Morgan fingerprint density at radius 3 is 2.81 bits per heavy atom. The molecule has 0 unspecified atom stereocenters. The van der Waals surface area contributed by atoms with Crippen LogP contribution in [0.2, 0.25) is 0 Å². The first kappa shape index (κ1) is 20.3. The fourth-order valence-electron chi connectivity index (χ4n) is 3.91. The second-order valence-electron chi connectivity index (χ2n) is 8.07. The zero-order valence-corrected chi connectivity index (χ0v) is 18.7. The fourth-order valence-corrected chi connectivity index (χ4v) is 4.94. The third kappa shape index (κ3) is 3.44. The van der Waals surface area contributed by atoms with Crippen molar-refractivity contribution in [2.24, 2.45) is 4.99 Å². The van der Waals surface area contributed by atoms with Crippen LogP contribution in [0.3, 0.4) is 0 Å². The normalized spacial score (nSPS) is 14.3. The van der Waals surface area contributed by atoms with E-state index < -0.39 is 5.90 Å². The third-order valence-corrected chi connectivity index (χ3v) is 6.60. The number of pyridine rings is 1. The molecule has 3 heterocycles. The topological polar surface area (TPSA) is 121 Å². The van der Waals surface area contributed by atoms with Crippen molar-refractivity contribution in [2.75, 3.05) is 5.73 Å². The third-order valence-electron chi connectivity index (χ3n) is 5.51. The second-order valence-corrected chi connectivity index (χ2v) is 9.07. The number of carbonyl (C=O) groups is 1. The molecule has 8 nitrogen and oxygen atoms in total. The Balaban J connectivity index is 1.71. The van der Waals surface area contributed by atoms with E-state index in [9.17, 15) is 9.90 Å². The predicted molar refractivity (Wildman–Crippen MR) is 120 cm³/mol. The largest absolute Gasteiger partial charge is 0.857 e. The highest BCUT2D eigenvalue weighted by Crippen LogP contribution is 2.42. The number of aryl methyl sites for hydroxylation is 2. The minimum absolute atomic E-state index is 0.108. The van der Waals surface area contributed by atoms with Crippen LogP contribution in [0.25, 0.3) is 21.3 Å². The highest BCUT2D eigenvalue weighted by atomic mass is 32.1. The lowest BCUT2D eigenvalue weighted by Crippen LogP contribution is -2.32. The van der Waals surface area contributed by atoms with Crippen LogP contribution < -0.4 is 15.5 Å². The van der Waals surface area contributed by atoms with E-state index in [2.05, 4.69) is 15.2 Å². The first-order valence-corrected chi connectivity index (χ1v) is 11.1. The molecule has 0 atom stereocenters. The molecule has 3 aromatic heterocycles. The van der Waals surface area contributed by atoms with Crippen molar-refractivity contribution in [2.45, 2.75) is 39.7 Å². The van der Waals surface area contributed by atoms with Gasteiger partial charge in [0.25, 0.3) is 6.20 Å². The van der Waals surface area contributed by atoms with Gasteiger partial charge in [0.1, 0.15) is 4.83 Å². The molecule has 1 saturated carbocycles. The van der Waals surface area contributed by atoms with Gasteiger partial charge in [-0.3, -0.25) is 9.32 Å². The van der Waals surface area contributed by atoms with Crippen LogP contribution in [0.4, 0.5) is 11.6 Å². The van der Waals surface area contributed by atoms with E-state index in [0.29, 0.717) is 33.1 Å². The molecule has 1 fully saturated rings. The number of aliphatic imine (C=N–C) groups is 1. The Hall–Kier alpha value is -3.59. The number of ketones is 1. The van der Waals surface area contributed by atoms with Crippen molar-refractivity contribution >= 4 is 44.8 Å². The monoisotopic (exact) mass is 447 g/mol. The summed E-state index contributed by atoms with van der Waals surface area (Å²) in [7, 11) is 0. The number of Topliss-reactive ketones (excluding diaryl/α,β-unsaturated/α-hetero) is 1. The van der Waals surface area contributed by atoms with E-state index in [4.69, 9.17) is 10.3 Å². The number of nitrogens with two attached hydrogens (primary N) is 1. The molecule has 162 valence electrons. The molecule has 0 bridgehead atoms. The average Bonchev–Trinajstić information content (AvgIpc) is 3.40. The Morgan fingerprint density at radius 1 is 1.34 bits per heavy atom. The number of nitrogen functional groups attached to an aromatic ring is 1. The van der Waals surface area contributed by atoms with Gasteiger partial charge in [-0.2, -0.15) is 0 Å². The Labute approximate surface area is 188 Å². The van der Waals surface area contributed by atoms with E-state index in [1.54, 1.807) is 17.8 Å². The highest BCUT2D eigenvalue weighted by molar-refractivity contribution is 7.21. The molecule has 2 N–H and O–H groups in total. The molecule has 4 aromatic rings. The average molecular weight is 448 g/mol. The Bertz CT molecular complexity index is 1410. The number of aromatic nitrogens is 3. The molecule has 1 aliphatic carbocycles. The van der Waals surface area contributed by atoms with Crippen LogP contribution in [0.5, 0.6) is 0 Å². The summed E-state index contributed by atoms with van der Waals surface area (Å²) in [5.41, 5.74) is 10.4. The van der Waals surface area contributed by atoms with Gasteiger partial charge >= 0.3 is 5.88 Å². The molecule has 1 aliphatic rings. The van der Waals surface area contributed by atoms with Gasteiger partial charge in [-0.1, -0.05) is 29.8 Å². The van der Waals surface area contributed by atoms with E-state index in [-0.39, 0.29) is 22.2 Å². The maximum absolute atomic E-state index is 13.0. The van der Waals surface area contributed by atoms with Crippen molar-refractivity contribution in [3.8, 4) is 11.1 Å². The quantitative estimate of drug-likeness (QED) is 0.217. The maximum atomic E-state index is 13.0. The van der Waals surface area contributed by atoms with E-state index >= 15 is 0 Å². The van der Waals surface area contributed by atoms with Gasteiger partial charge in [-0.05, 0) is 31.0 Å². The fraction of sp³-hybridized carbons (Fsp3) is 0.261. The zero-order chi connectivity index (χ0) is 22.6. The summed E-state index contributed by atoms with van der Waals surface area (Å²) in [4.78, 5) is 22.1. The number of thiophene rings is 1. The number of hydrogen-bond donors (Lipinski definition) is 1. The van der Waals surface area contributed by atoms with Crippen molar-refractivity contribution in [3.63, 3.8) is 0 Å². The van der Waals surface area contributed by atoms with Crippen LogP contribution in [-0.2, 0) is 0 Å². The number of fused-ring (bicyclic) bond motifs is 1. The first-order chi connectivity index (χ1) is 15.3. The van der Waals surface area contributed by atoms with Crippen LogP contribution in [-0.4, -0.2) is 21.9 Å². The highest BCUT2D eigenvalue weighted by Gasteiger charge is 2.35. The second kappa shape index (κ2) is 7.52. The summed E-state index contributed by atoms with van der Waals surface area (Å²) in [6, 6.07) is 8.16. The van der Waals surface area contributed by atoms with Crippen LogP contribution >= 0.6 is 11.3 Å². The van der Waals surface area contributed by atoms with Gasteiger partial charge in [0.15, 0.2) is 11.8 Å². The number of carbonyl (C=O) groups excluding carboxylic acids is 1. The predicted octanol–water partition coefficient (Wildman–Crippen LogP) is 3.41. The smallest absolute Gasteiger partial charge is 0.320 e. The number of anilines is 1. The van der Waals surface area contributed by atoms with Gasteiger partial charge in [-0.25, -0.2) is 9.98 Å². The first-order valence-electron chi connectivity index (χ1n) is 10.3. The number of rotatable bonds is 5. The molecule has 5 rings (SSSR count). The molecule has 0 radical (unpaired) electrons. The Morgan fingerprint density at radius 2 is 2.12 bits per heavy atom. The molecule has 0 spiro atoms. The summed E-state index contributed by atoms with van der Waals surface area (Å²) in [6.07, 6.45) is 3.70. The maximum Gasteiger partial charge on any atom is 0.320 e. The Kier molecular flexibility index (Phi) is 4.78. The summed E-state index contributed by atoms with van der Waals surface area (Å²) in [5.74, 6) is -0.504. The molecule has 0 saturated heterocycles. The van der Waals surface area contributed by atoms with Gasteiger partial charge in [0, 0.05) is 35.3 Å². The summed E-state index contributed by atoms with van der Waals surface area (Å²) in [5, 5.41) is 17.5. The molecule has 0 amide bonds. The van der Waals surface area contributed by atoms with Crippen LogP contribution in [0, 0.1) is 13.8 Å². The minimum Gasteiger partial charge on any atom is -0.857 e. The molecule has 9 heteroatoms. The number of benzene rings is 1. The van der Waals surface area contributed by atoms with Crippen LogP contribution in [0.15, 0.2) is 40.0 Å². The zero-order valence-electron chi connectivity index (χ0n) is 17.9. The number of hydrogen-bond acceptors (Lipinski definition) is 8. The van der Waals surface area contributed by atoms with Crippen molar-refractivity contribution < 1.29 is 19.1 Å². The minimum atomic E-state index is -0.526. The van der Waals surface area contributed by atoms with E-state index in [1.807, 2.05) is 31.2 Å². The summed E-state index contributed by atoms with van der Waals surface area (Å²) in [6.45, 7) is 5.29. The molecule has 1 aromatic carbocycles. The van der Waals surface area contributed by atoms with Gasteiger partial charge in [-0.15, -0.1) is 11.3 Å². The van der Waals surface area contributed by atoms with Crippen molar-refractivity contribution in [1.82, 2.24) is 10.3 Å². The molecular formula is C23H21N5O3S. The van der Waals surface area contributed by atoms with Gasteiger partial charge in [0.05, 0.1) is 16.3 Å². The van der Waals surface area contributed by atoms with Crippen LogP contribution in [0.1, 0.15) is 52.3 Å². The lowest BCUT2D eigenvalue weighted by Gasteiger charge is -2.13. The van der Waals surface area contributed by atoms with Gasteiger partial charge < -0.3 is 10.8 Å². The number of nitrogens with zero attached hydrogens (tertiary/aromatic N) is 4. The molecule has 0 aliphatic heterocycles. The summed E-state index contributed by atoms with van der Waals surface area (Å²) < 4.78 is 6.86. The van der Waals surface area contributed by atoms with E-state index in [0.717, 1.165) is 35.3 Å². The summed E-state index contributed by atoms with van der Waals surface area (Å²) >= 11 is 1.16. The SMILES string of the molecule is CC(=O)c1c(C)nc2sc(/C([O-])=N/c3c[n+](C4CC4)no3)c(N)c2c1-c1cccc(C)c1. The standard InChI is InChI=1S/C23H21N5O3S/c1-11-5-4-6-14(9-11)18-17(13(3)29)12(2)25-23-19(18)20(24)21(32-23)22(30)26-16-10-28(27-31-16)15-7-8-15/h4-6,9-10,15H,7-8H2,1-3H3,(H2-,24,26,27,30).